The van der Waals surface area contributed by atoms with Gasteiger partial charge in [-0.05, 0) is 24.9 Å². The lowest BCUT2D eigenvalue weighted by Crippen LogP contribution is -2.44. The van der Waals surface area contributed by atoms with Gasteiger partial charge in [-0.3, -0.25) is 4.79 Å². The van der Waals surface area contributed by atoms with Gasteiger partial charge < -0.3 is 10.4 Å². The quantitative estimate of drug-likeness (QED) is 0.826. The fraction of sp³-hybridized carbons (Fsp3) is 0.750. The highest BCUT2D eigenvalue weighted by molar-refractivity contribution is 5.93. The smallest absolute Gasteiger partial charge is 0.275 e. The summed E-state index contributed by atoms with van der Waals surface area (Å²) in [5.41, 5.74) is 0.664. The van der Waals surface area contributed by atoms with Crippen molar-refractivity contribution in [3.63, 3.8) is 0 Å². The molecule has 1 aromatic heterocycles. The van der Waals surface area contributed by atoms with E-state index < -0.39 is 6.10 Å². The highest BCUT2D eigenvalue weighted by Gasteiger charge is 2.25. The summed E-state index contributed by atoms with van der Waals surface area (Å²) in [6, 6.07) is -0.200. The molecular weight excluding hydrogens is 234 g/mol. The fourth-order valence-corrected chi connectivity index (χ4v) is 2.31. The van der Waals surface area contributed by atoms with Gasteiger partial charge in [0.1, 0.15) is 5.69 Å². The van der Waals surface area contributed by atoms with Gasteiger partial charge in [0.25, 0.3) is 5.91 Å². The average Bonchev–Trinajstić information content (AvgIpc) is 2.75. The van der Waals surface area contributed by atoms with Crippen molar-refractivity contribution < 1.29 is 14.5 Å². The first-order valence-electron chi connectivity index (χ1n) is 6.46. The Morgan fingerprint density at radius 2 is 2.00 bits per heavy atom. The van der Waals surface area contributed by atoms with Crippen LogP contribution in [0, 0.1) is 6.92 Å². The van der Waals surface area contributed by atoms with Gasteiger partial charge in [-0.25, -0.2) is 4.63 Å². The molecule has 1 fully saturated rings. The van der Waals surface area contributed by atoms with Gasteiger partial charge >= 0.3 is 0 Å². The summed E-state index contributed by atoms with van der Waals surface area (Å²) in [4.78, 5) is 12.0. The molecule has 0 spiro atoms. The Morgan fingerprint density at radius 3 is 2.67 bits per heavy atom. The molecule has 0 bridgehead atoms. The minimum absolute atomic E-state index is 0.198. The topological polar surface area (TPSA) is 88.2 Å². The van der Waals surface area contributed by atoms with Crippen molar-refractivity contribution in [2.45, 2.75) is 57.6 Å². The third-order valence-corrected chi connectivity index (χ3v) is 3.41. The van der Waals surface area contributed by atoms with Gasteiger partial charge in [0.15, 0.2) is 5.69 Å². The van der Waals surface area contributed by atoms with Crippen LogP contribution < -0.4 is 5.32 Å². The van der Waals surface area contributed by atoms with Crippen molar-refractivity contribution >= 4 is 5.91 Å². The number of aliphatic hydroxyl groups excluding tert-OH is 1. The summed E-state index contributed by atoms with van der Waals surface area (Å²) >= 11 is 0. The molecule has 1 aromatic rings. The lowest BCUT2D eigenvalue weighted by molar-refractivity contribution is 0.0763. The summed E-state index contributed by atoms with van der Waals surface area (Å²) in [5, 5.41) is 20.0. The Morgan fingerprint density at radius 1 is 1.28 bits per heavy atom. The number of hydrogen-bond donors (Lipinski definition) is 2. The molecule has 1 aliphatic rings. The van der Waals surface area contributed by atoms with E-state index in [0.29, 0.717) is 5.69 Å². The van der Waals surface area contributed by atoms with E-state index in [1.165, 1.54) is 0 Å². The van der Waals surface area contributed by atoms with Gasteiger partial charge in [0.05, 0.1) is 12.1 Å². The maximum absolute atomic E-state index is 12.0. The number of nitrogens with zero attached hydrogens (tertiary/aromatic N) is 2. The maximum Gasteiger partial charge on any atom is 0.275 e. The number of carbonyl (C=O) groups is 1. The number of carbonyl (C=O) groups excluding carboxylic acids is 1. The zero-order valence-corrected chi connectivity index (χ0v) is 10.6. The Hall–Kier alpha value is -1.43. The van der Waals surface area contributed by atoms with E-state index in [4.69, 9.17) is 0 Å². The van der Waals surface area contributed by atoms with Crippen molar-refractivity contribution in [1.82, 2.24) is 15.6 Å². The number of rotatable bonds is 2. The van der Waals surface area contributed by atoms with Crippen LogP contribution in [-0.2, 0) is 0 Å². The van der Waals surface area contributed by atoms with Gasteiger partial charge in [0.2, 0.25) is 0 Å². The van der Waals surface area contributed by atoms with E-state index in [2.05, 4.69) is 20.3 Å². The number of hydrogen-bond acceptors (Lipinski definition) is 5. The largest absolute Gasteiger partial charge is 0.391 e. The third-order valence-electron chi connectivity index (χ3n) is 3.41. The first-order chi connectivity index (χ1) is 8.68. The van der Waals surface area contributed by atoms with E-state index in [0.717, 1.165) is 38.5 Å². The summed E-state index contributed by atoms with van der Waals surface area (Å²) < 4.78 is 4.50. The number of amides is 1. The molecule has 2 N–H and O–H groups in total. The normalized spacial score (nSPS) is 25.2. The number of nitrogens with one attached hydrogen (secondary N) is 1. The van der Waals surface area contributed by atoms with Crippen molar-refractivity contribution in [2.24, 2.45) is 0 Å². The molecule has 1 amide bonds. The molecule has 1 aliphatic carbocycles. The SMILES string of the molecule is Cc1nonc1C(=O)N[C@H]1CCCCCC[C@@H]1O. The van der Waals surface area contributed by atoms with Crippen LogP contribution in [0.5, 0.6) is 0 Å². The molecule has 1 heterocycles. The van der Waals surface area contributed by atoms with Crippen LogP contribution in [0.1, 0.15) is 54.7 Å². The molecule has 2 rings (SSSR count). The first kappa shape index (κ1) is 13.0. The summed E-state index contributed by atoms with van der Waals surface area (Å²) in [7, 11) is 0. The molecule has 6 nitrogen and oxygen atoms in total. The number of aryl methyl sites for hydroxylation is 1. The van der Waals surface area contributed by atoms with E-state index in [1.54, 1.807) is 6.92 Å². The summed E-state index contributed by atoms with van der Waals surface area (Å²) in [6.07, 6.45) is 5.41. The molecule has 1 saturated carbocycles. The highest BCUT2D eigenvalue weighted by Crippen LogP contribution is 2.18. The van der Waals surface area contributed by atoms with E-state index >= 15 is 0 Å². The molecule has 100 valence electrons. The van der Waals surface area contributed by atoms with Crippen LogP contribution in [0.25, 0.3) is 0 Å². The molecule has 0 unspecified atom stereocenters. The molecule has 2 atom stereocenters. The highest BCUT2D eigenvalue weighted by atomic mass is 16.6. The van der Waals surface area contributed by atoms with Crippen molar-refractivity contribution in [2.75, 3.05) is 0 Å². The molecule has 0 aromatic carbocycles. The Balaban J connectivity index is 1.98. The molecular formula is C12H19N3O3. The summed E-state index contributed by atoms with van der Waals surface area (Å²) in [5.74, 6) is -0.321. The zero-order chi connectivity index (χ0) is 13.0. The van der Waals surface area contributed by atoms with Gasteiger partial charge in [-0.15, -0.1) is 0 Å². The van der Waals surface area contributed by atoms with Crippen LogP contribution in [0.15, 0.2) is 4.63 Å². The number of aromatic nitrogens is 2. The van der Waals surface area contributed by atoms with Gasteiger partial charge in [0, 0.05) is 0 Å². The first-order valence-corrected chi connectivity index (χ1v) is 6.46. The Kier molecular flexibility index (Phi) is 4.30. The van der Waals surface area contributed by atoms with Crippen molar-refractivity contribution in [1.29, 1.82) is 0 Å². The molecule has 18 heavy (non-hydrogen) atoms. The van der Waals surface area contributed by atoms with Crippen LogP contribution in [0.3, 0.4) is 0 Å². The van der Waals surface area contributed by atoms with Crippen LogP contribution in [-0.4, -0.2) is 33.5 Å². The fourth-order valence-electron chi connectivity index (χ4n) is 2.31. The molecule has 6 heteroatoms. The Bertz CT molecular complexity index is 405. The molecule has 0 saturated heterocycles. The second kappa shape index (κ2) is 5.95. The summed E-state index contributed by atoms with van der Waals surface area (Å²) in [6.45, 7) is 1.67. The average molecular weight is 253 g/mol. The van der Waals surface area contributed by atoms with Gasteiger partial charge in [-0.2, -0.15) is 0 Å². The minimum Gasteiger partial charge on any atom is -0.391 e. The molecule has 0 aliphatic heterocycles. The molecule has 0 radical (unpaired) electrons. The van der Waals surface area contributed by atoms with Crippen molar-refractivity contribution in [3.05, 3.63) is 11.4 Å². The van der Waals surface area contributed by atoms with E-state index in [1.807, 2.05) is 0 Å². The van der Waals surface area contributed by atoms with E-state index in [9.17, 15) is 9.90 Å². The lowest BCUT2D eigenvalue weighted by Gasteiger charge is -2.25. The third kappa shape index (κ3) is 3.07. The lowest BCUT2D eigenvalue weighted by atomic mass is 9.94. The Labute approximate surface area is 106 Å². The second-order valence-electron chi connectivity index (χ2n) is 4.84. The van der Waals surface area contributed by atoms with E-state index in [-0.39, 0.29) is 17.6 Å². The maximum atomic E-state index is 12.0. The van der Waals surface area contributed by atoms with Gasteiger partial charge in [-0.1, -0.05) is 30.8 Å². The predicted molar refractivity (Wildman–Crippen MR) is 64.0 cm³/mol. The van der Waals surface area contributed by atoms with Crippen LogP contribution >= 0.6 is 0 Å². The van der Waals surface area contributed by atoms with Crippen LogP contribution in [0.4, 0.5) is 0 Å². The monoisotopic (exact) mass is 253 g/mol. The standard InChI is InChI=1S/C12H19N3O3/c1-8-11(15-18-14-8)12(17)13-9-6-4-2-3-5-7-10(9)16/h9-10,16H,2-7H2,1H3,(H,13,17)/t9-,10-/m0/s1. The second-order valence-corrected chi connectivity index (χ2v) is 4.84. The predicted octanol–water partition coefficient (Wildman–Crippen LogP) is 1.19. The number of aliphatic hydroxyl groups is 1. The minimum atomic E-state index is -0.477. The van der Waals surface area contributed by atoms with Crippen molar-refractivity contribution in [3.8, 4) is 0 Å². The van der Waals surface area contributed by atoms with Crippen LogP contribution in [0.2, 0.25) is 0 Å². The zero-order valence-electron chi connectivity index (χ0n) is 10.6.